The quantitative estimate of drug-likeness (QED) is 0.830. The fourth-order valence-corrected chi connectivity index (χ4v) is 4.31. The van der Waals surface area contributed by atoms with E-state index in [0.717, 1.165) is 19.5 Å². The molecular weight excluding hydrogens is 358 g/mol. The topological polar surface area (TPSA) is 87.2 Å². The molecule has 1 atom stereocenters. The molecule has 1 fully saturated rings. The van der Waals surface area contributed by atoms with Crippen LogP contribution in [0.1, 0.15) is 6.42 Å². The van der Waals surface area contributed by atoms with Crippen molar-refractivity contribution in [2.24, 2.45) is 0 Å². The smallest absolute Gasteiger partial charge is 0.264 e. The molecule has 10 heteroatoms. The number of aromatic nitrogens is 2. The van der Waals surface area contributed by atoms with Crippen LogP contribution in [0.25, 0.3) is 0 Å². The third-order valence-electron chi connectivity index (χ3n) is 3.69. The summed E-state index contributed by atoms with van der Waals surface area (Å²) in [6.45, 7) is 1.82. The number of thiazole rings is 1. The van der Waals surface area contributed by atoms with Crippen LogP contribution in [0.5, 0.6) is 0 Å². The largest absolute Gasteiger partial charge is 0.354 e. The number of pyridine rings is 1. The summed E-state index contributed by atoms with van der Waals surface area (Å²) in [5, 5.41) is 5.20. The monoisotopic (exact) mass is 373 g/mol. The zero-order valence-electron chi connectivity index (χ0n) is 12.4. The van der Waals surface area contributed by atoms with E-state index in [0.29, 0.717) is 16.9 Å². The second-order valence-corrected chi connectivity index (χ2v) is 8.02. The molecule has 0 unspecified atom stereocenters. The predicted molar refractivity (Wildman–Crippen MR) is 91.8 cm³/mol. The number of nitrogens with zero attached hydrogens (tertiary/aromatic N) is 3. The molecular formula is C13H16ClN5O2S2. The summed E-state index contributed by atoms with van der Waals surface area (Å²) in [5.41, 5.74) is 1.55. The molecule has 2 aromatic rings. The Morgan fingerprint density at radius 3 is 2.91 bits per heavy atom. The van der Waals surface area contributed by atoms with E-state index >= 15 is 0 Å². The van der Waals surface area contributed by atoms with Crippen LogP contribution in [0.3, 0.4) is 0 Å². The van der Waals surface area contributed by atoms with Gasteiger partial charge in [0, 0.05) is 31.2 Å². The molecule has 0 amide bonds. The van der Waals surface area contributed by atoms with Gasteiger partial charge in [-0.05, 0) is 19.0 Å². The van der Waals surface area contributed by atoms with Crippen molar-refractivity contribution < 1.29 is 8.42 Å². The Morgan fingerprint density at radius 2 is 2.30 bits per heavy atom. The first kappa shape index (κ1) is 16.4. The summed E-state index contributed by atoms with van der Waals surface area (Å²) in [4.78, 5) is 10.1. The van der Waals surface area contributed by atoms with Crippen LogP contribution < -0.4 is 14.9 Å². The third-order valence-corrected chi connectivity index (χ3v) is 5.88. The minimum atomic E-state index is -3.75. The normalized spacial score (nSPS) is 18.1. The van der Waals surface area contributed by atoms with Gasteiger partial charge in [0.2, 0.25) is 0 Å². The van der Waals surface area contributed by atoms with Gasteiger partial charge in [-0.25, -0.2) is 18.4 Å². The number of hydrogen-bond acceptors (Lipinski definition) is 7. The Balaban J connectivity index is 1.83. The van der Waals surface area contributed by atoms with E-state index in [2.05, 4.69) is 20.0 Å². The molecule has 0 saturated carbocycles. The molecule has 3 heterocycles. The Morgan fingerprint density at radius 1 is 1.48 bits per heavy atom. The highest BCUT2D eigenvalue weighted by atomic mass is 35.5. The number of likely N-dealkylation sites (N-methyl/N-ethyl adjacent to an activating group) is 1. The summed E-state index contributed by atoms with van der Waals surface area (Å²) >= 11 is 7.57. The van der Waals surface area contributed by atoms with Gasteiger partial charge in [0.15, 0.2) is 5.82 Å². The maximum atomic E-state index is 12.3. The van der Waals surface area contributed by atoms with Gasteiger partial charge >= 0.3 is 0 Å². The molecule has 0 radical (unpaired) electrons. The lowest BCUT2D eigenvalue weighted by atomic mass is 10.2. The molecule has 3 rings (SSSR count). The van der Waals surface area contributed by atoms with Crippen molar-refractivity contribution in [3.63, 3.8) is 0 Å². The first-order valence-electron chi connectivity index (χ1n) is 6.97. The van der Waals surface area contributed by atoms with Crippen LogP contribution in [0.15, 0.2) is 28.0 Å². The van der Waals surface area contributed by atoms with E-state index in [9.17, 15) is 8.42 Å². The molecule has 124 valence electrons. The highest BCUT2D eigenvalue weighted by Gasteiger charge is 2.24. The van der Waals surface area contributed by atoms with Gasteiger partial charge in [-0.1, -0.05) is 11.6 Å². The van der Waals surface area contributed by atoms with Crippen LogP contribution >= 0.6 is 22.9 Å². The number of hydrogen-bond donors (Lipinski definition) is 2. The molecule has 2 aromatic heterocycles. The van der Waals surface area contributed by atoms with Gasteiger partial charge in [0.1, 0.15) is 10.7 Å². The molecule has 1 aliphatic rings. The van der Waals surface area contributed by atoms with Gasteiger partial charge in [-0.15, -0.1) is 11.3 Å². The highest BCUT2D eigenvalue weighted by molar-refractivity contribution is 7.92. The average Bonchev–Trinajstić information content (AvgIpc) is 3.19. The fraction of sp³-hybridized carbons (Fsp3) is 0.385. The van der Waals surface area contributed by atoms with Gasteiger partial charge in [0.05, 0.1) is 10.5 Å². The third kappa shape index (κ3) is 3.57. The Hall–Kier alpha value is -1.42. The molecule has 2 N–H and O–H groups in total. The minimum Gasteiger partial charge on any atom is -0.354 e. The van der Waals surface area contributed by atoms with Gasteiger partial charge in [-0.2, -0.15) is 0 Å². The standard InChI is InChI=1S/C13H16ClN5O2S2/c1-19(9-2-3-15-5-9)13-11(14)4-10(6-16-13)23(20,21)18-12-7-22-8-17-12/h4,6-9,15,18H,2-3,5H2,1H3/t9-/m0/s1. The molecule has 1 aliphatic heterocycles. The minimum absolute atomic E-state index is 0.0113. The van der Waals surface area contributed by atoms with E-state index in [1.54, 1.807) is 10.9 Å². The van der Waals surface area contributed by atoms with Crippen LogP contribution in [-0.2, 0) is 10.0 Å². The summed E-state index contributed by atoms with van der Waals surface area (Å²) in [6, 6.07) is 1.72. The number of halogens is 1. The Kier molecular flexibility index (Phi) is 4.72. The molecule has 0 bridgehead atoms. The number of anilines is 2. The van der Waals surface area contributed by atoms with E-state index in [1.165, 1.54) is 23.6 Å². The average molecular weight is 374 g/mol. The molecule has 23 heavy (non-hydrogen) atoms. The van der Waals surface area contributed by atoms with Crippen LogP contribution in [0, 0.1) is 0 Å². The summed E-state index contributed by atoms with van der Waals surface area (Å²) < 4.78 is 27.0. The van der Waals surface area contributed by atoms with Crippen molar-refractivity contribution in [3.8, 4) is 0 Å². The van der Waals surface area contributed by atoms with Crippen LogP contribution in [0.2, 0.25) is 5.02 Å². The van der Waals surface area contributed by atoms with Gasteiger partial charge in [-0.3, -0.25) is 4.72 Å². The van der Waals surface area contributed by atoms with Gasteiger partial charge < -0.3 is 10.2 Å². The number of nitrogens with one attached hydrogen (secondary N) is 2. The molecule has 0 aromatic carbocycles. The zero-order chi connectivity index (χ0) is 16.4. The number of sulfonamides is 1. The van der Waals surface area contributed by atoms with Crippen molar-refractivity contribution in [1.29, 1.82) is 0 Å². The molecule has 7 nitrogen and oxygen atoms in total. The van der Waals surface area contributed by atoms with Gasteiger partial charge in [0.25, 0.3) is 10.0 Å². The van der Waals surface area contributed by atoms with Crippen LogP contribution in [0.4, 0.5) is 11.6 Å². The van der Waals surface area contributed by atoms with Crippen molar-refractivity contribution in [3.05, 3.63) is 28.2 Å². The second-order valence-electron chi connectivity index (χ2n) is 5.21. The lowest BCUT2D eigenvalue weighted by Crippen LogP contribution is -2.34. The summed E-state index contributed by atoms with van der Waals surface area (Å²) in [6.07, 6.45) is 2.31. The maximum Gasteiger partial charge on any atom is 0.264 e. The number of rotatable bonds is 5. The van der Waals surface area contributed by atoms with E-state index in [1.807, 2.05) is 11.9 Å². The Bertz CT molecular complexity index is 776. The first-order chi connectivity index (χ1) is 11.0. The fourth-order valence-electron chi connectivity index (χ4n) is 2.42. The lowest BCUT2D eigenvalue weighted by Gasteiger charge is -2.25. The van der Waals surface area contributed by atoms with E-state index < -0.39 is 10.0 Å². The molecule has 0 aliphatic carbocycles. The van der Waals surface area contributed by atoms with Crippen molar-refractivity contribution in [2.75, 3.05) is 29.8 Å². The SMILES string of the molecule is CN(c1ncc(S(=O)(=O)Nc2cscn2)cc1Cl)[C@H]1CCNC1. The van der Waals surface area contributed by atoms with E-state index in [4.69, 9.17) is 11.6 Å². The maximum absolute atomic E-state index is 12.3. The predicted octanol–water partition coefficient (Wildman–Crippen LogP) is 1.79. The zero-order valence-corrected chi connectivity index (χ0v) is 14.7. The molecule has 0 spiro atoms. The molecule has 1 saturated heterocycles. The van der Waals surface area contributed by atoms with E-state index in [-0.39, 0.29) is 10.7 Å². The highest BCUT2D eigenvalue weighted by Crippen LogP contribution is 2.28. The summed E-state index contributed by atoms with van der Waals surface area (Å²) in [5.74, 6) is 0.859. The lowest BCUT2D eigenvalue weighted by molar-refractivity contribution is 0.600. The second kappa shape index (κ2) is 6.60. The summed E-state index contributed by atoms with van der Waals surface area (Å²) in [7, 11) is -1.84. The van der Waals surface area contributed by atoms with Crippen molar-refractivity contribution in [2.45, 2.75) is 17.4 Å². The van der Waals surface area contributed by atoms with Crippen molar-refractivity contribution in [1.82, 2.24) is 15.3 Å². The first-order valence-corrected chi connectivity index (χ1v) is 9.78. The van der Waals surface area contributed by atoms with Crippen LogP contribution in [-0.4, -0.2) is 44.6 Å². The van der Waals surface area contributed by atoms with Crippen molar-refractivity contribution >= 4 is 44.6 Å². The Labute approximate surface area is 143 Å².